The van der Waals surface area contributed by atoms with Gasteiger partial charge in [0.2, 0.25) is 0 Å². The summed E-state index contributed by atoms with van der Waals surface area (Å²) in [5.41, 5.74) is 0. The Labute approximate surface area is 99.5 Å². The average Bonchev–Trinajstić information content (AvgIpc) is 2.07. The third-order valence-electron chi connectivity index (χ3n) is 1.78. The van der Waals surface area contributed by atoms with Gasteiger partial charge in [-0.2, -0.15) is 13.2 Å². The second kappa shape index (κ2) is 8.14. The van der Waals surface area contributed by atoms with Crippen LogP contribution in [0.2, 0.25) is 0 Å². The number of halogens is 4. The first-order chi connectivity index (χ1) is 7.31. The van der Waals surface area contributed by atoms with Gasteiger partial charge in [0.05, 0.1) is 6.61 Å². The summed E-state index contributed by atoms with van der Waals surface area (Å²) >= 11 is 5.98. The number of rotatable bonds is 8. The first kappa shape index (κ1) is 16.0. The van der Waals surface area contributed by atoms with E-state index >= 15 is 0 Å². The number of hydrogen-bond acceptors (Lipinski definition) is 2. The molecule has 0 fully saturated rings. The van der Waals surface area contributed by atoms with E-state index in [2.05, 4.69) is 23.9 Å². The van der Waals surface area contributed by atoms with Crippen molar-refractivity contribution in [2.75, 3.05) is 26.3 Å². The van der Waals surface area contributed by atoms with Crippen LogP contribution >= 0.6 is 11.6 Å². The number of nitrogens with one attached hydrogen (secondary N) is 1. The summed E-state index contributed by atoms with van der Waals surface area (Å²) in [7, 11) is 0. The topological polar surface area (TPSA) is 21.3 Å². The Morgan fingerprint density at radius 1 is 1.31 bits per heavy atom. The molecule has 0 aromatic rings. The van der Waals surface area contributed by atoms with E-state index in [0.29, 0.717) is 19.0 Å². The van der Waals surface area contributed by atoms with Crippen LogP contribution in [-0.2, 0) is 4.74 Å². The number of hydrogen-bond donors (Lipinski definition) is 1. The SMILES string of the molecule is CC(C)CC(Cl)CNCCOCC(F)(F)F. The molecule has 0 spiro atoms. The van der Waals surface area contributed by atoms with Crippen LogP contribution in [0.4, 0.5) is 13.2 Å². The predicted octanol–water partition coefficient (Wildman–Crippen LogP) is 2.81. The molecule has 0 bridgehead atoms. The summed E-state index contributed by atoms with van der Waals surface area (Å²) in [6.45, 7) is 3.98. The highest BCUT2D eigenvalue weighted by Crippen LogP contribution is 2.14. The molecule has 0 aliphatic heterocycles. The molecule has 0 heterocycles. The molecular formula is C10H19ClF3NO. The summed E-state index contributed by atoms with van der Waals surface area (Å²) in [5, 5.41) is 2.97. The Balaban J connectivity index is 3.27. The minimum Gasteiger partial charge on any atom is -0.371 e. The van der Waals surface area contributed by atoms with Gasteiger partial charge in [0, 0.05) is 18.5 Å². The number of ether oxygens (including phenoxy) is 1. The van der Waals surface area contributed by atoms with Crippen molar-refractivity contribution in [1.82, 2.24) is 5.32 Å². The second-order valence-electron chi connectivity index (χ2n) is 4.10. The standard InChI is InChI=1S/C10H19ClF3NO/c1-8(2)5-9(11)6-15-3-4-16-7-10(12,13)14/h8-9,15H,3-7H2,1-2H3. The highest BCUT2D eigenvalue weighted by molar-refractivity contribution is 6.20. The third-order valence-corrected chi connectivity index (χ3v) is 2.11. The quantitative estimate of drug-likeness (QED) is 0.536. The minimum absolute atomic E-state index is 0.0163. The molecule has 0 aliphatic rings. The van der Waals surface area contributed by atoms with Gasteiger partial charge in [-0.25, -0.2) is 0 Å². The summed E-state index contributed by atoms with van der Waals surface area (Å²) < 4.78 is 39.4. The molecule has 0 rings (SSSR count). The number of alkyl halides is 4. The lowest BCUT2D eigenvalue weighted by molar-refractivity contribution is -0.173. The average molecular weight is 262 g/mol. The highest BCUT2D eigenvalue weighted by Gasteiger charge is 2.27. The van der Waals surface area contributed by atoms with Crippen LogP contribution in [0.25, 0.3) is 0 Å². The normalized spacial score (nSPS) is 14.4. The molecular weight excluding hydrogens is 243 g/mol. The van der Waals surface area contributed by atoms with Crippen molar-refractivity contribution in [3.63, 3.8) is 0 Å². The van der Waals surface area contributed by atoms with E-state index in [9.17, 15) is 13.2 Å². The highest BCUT2D eigenvalue weighted by atomic mass is 35.5. The largest absolute Gasteiger partial charge is 0.411 e. The molecule has 16 heavy (non-hydrogen) atoms. The fraction of sp³-hybridized carbons (Fsp3) is 1.00. The molecule has 0 aromatic heterocycles. The van der Waals surface area contributed by atoms with E-state index in [0.717, 1.165) is 6.42 Å². The zero-order chi connectivity index (χ0) is 12.6. The van der Waals surface area contributed by atoms with Crippen LogP contribution in [0.5, 0.6) is 0 Å². The van der Waals surface area contributed by atoms with Gasteiger partial charge in [-0.15, -0.1) is 11.6 Å². The van der Waals surface area contributed by atoms with E-state index in [1.807, 2.05) is 0 Å². The maximum absolute atomic E-state index is 11.7. The lowest BCUT2D eigenvalue weighted by atomic mass is 10.1. The van der Waals surface area contributed by atoms with Crippen LogP contribution in [0.3, 0.4) is 0 Å². The molecule has 6 heteroatoms. The Kier molecular flexibility index (Phi) is 8.14. The Morgan fingerprint density at radius 2 is 1.94 bits per heavy atom. The molecule has 0 radical (unpaired) electrons. The van der Waals surface area contributed by atoms with E-state index in [4.69, 9.17) is 11.6 Å². The maximum atomic E-state index is 11.7. The molecule has 0 amide bonds. The lowest BCUT2D eigenvalue weighted by Gasteiger charge is -2.13. The summed E-state index contributed by atoms with van der Waals surface area (Å²) in [4.78, 5) is 0. The summed E-state index contributed by atoms with van der Waals surface area (Å²) in [6, 6.07) is 0. The van der Waals surface area contributed by atoms with E-state index in [1.165, 1.54) is 0 Å². The van der Waals surface area contributed by atoms with Crippen molar-refractivity contribution in [2.24, 2.45) is 5.92 Å². The molecule has 0 saturated carbocycles. The van der Waals surface area contributed by atoms with Gasteiger partial charge in [-0.05, 0) is 12.3 Å². The fourth-order valence-electron chi connectivity index (χ4n) is 1.19. The van der Waals surface area contributed by atoms with Gasteiger partial charge in [0.25, 0.3) is 0 Å². The summed E-state index contributed by atoms with van der Waals surface area (Å²) in [6.07, 6.45) is -3.36. The molecule has 98 valence electrons. The Bertz CT molecular complexity index is 176. The fourth-order valence-corrected chi connectivity index (χ4v) is 1.65. The third kappa shape index (κ3) is 12.1. The van der Waals surface area contributed by atoms with Crippen LogP contribution in [0.1, 0.15) is 20.3 Å². The van der Waals surface area contributed by atoms with Gasteiger partial charge >= 0.3 is 6.18 Å². The van der Waals surface area contributed by atoms with Gasteiger partial charge in [-0.1, -0.05) is 13.8 Å². The zero-order valence-corrected chi connectivity index (χ0v) is 10.4. The lowest BCUT2D eigenvalue weighted by Crippen LogP contribution is -2.29. The molecule has 1 unspecified atom stereocenters. The molecule has 1 N–H and O–H groups in total. The molecule has 2 nitrogen and oxygen atoms in total. The van der Waals surface area contributed by atoms with Gasteiger partial charge in [0.1, 0.15) is 6.61 Å². The molecule has 0 saturated heterocycles. The first-order valence-corrected chi connectivity index (χ1v) is 5.74. The van der Waals surface area contributed by atoms with Crippen LogP contribution in [0, 0.1) is 5.92 Å². The maximum Gasteiger partial charge on any atom is 0.411 e. The van der Waals surface area contributed by atoms with Crippen LogP contribution in [-0.4, -0.2) is 37.9 Å². The van der Waals surface area contributed by atoms with Gasteiger partial charge < -0.3 is 10.1 Å². The van der Waals surface area contributed by atoms with Gasteiger partial charge in [-0.3, -0.25) is 0 Å². The van der Waals surface area contributed by atoms with Crippen molar-refractivity contribution in [3.05, 3.63) is 0 Å². The van der Waals surface area contributed by atoms with E-state index < -0.39 is 12.8 Å². The Hall–Kier alpha value is -0.0000000000000000555. The van der Waals surface area contributed by atoms with Crippen molar-refractivity contribution in [1.29, 1.82) is 0 Å². The summed E-state index contributed by atoms with van der Waals surface area (Å²) in [5.74, 6) is 0.519. The van der Waals surface area contributed by atoms with Crippen molar-refractivity contribution < 1.29 is 17.9 Å². The smallest absolute Gasteiger partial charge is 0.371 e. The van der Waals surface area contributed by atoms with Gasteiger partial charge in [0.15, 0.2) is 0 Å². The minimum atomic E-state index is -4.24. The van der Waals surface area contributed by atoms with E-state index in [1.54, 1.807) is 0 Å². The Morgan fingerprint density at radius 3 is 2.44 bits per heavy atom. The monoisotopic (exact) mass is 261 g/mol. The van der Waals surface area contributed by atoms with Crippen LogP contribution < -0.4 is 5.32 Å². The molecule has 1 atom stereocenters. The molecule has 0 aromatic carbocycles. The van der Waals surface area contributed by atoms with Crippen molar-refractivity contribution >= 4 is 11.6 Å². The van der Waals surface area contributed by atoms with Crippen molar-refractivity contribution in [3.8, 4) is 0 Å². The van der Waals surface area contributed by atoms with E-state index in [-0.39, 0.29) is 12.0 Å². The zero-order valence-electron chi connectivity index (χ0n) is 9.61. The van der Waals surface area contributed by atoms with Crippen molar-refractivity contribution in [2.45, 2.75) is 31.8 Å². The predicted molar refractivity (Wildman–Crippen MR) is 58.8 cm³/mol. The second-order valence-corrected chi connectivity index (χ2v) is 4.72. The van der Waals surface area contributed by atoms with Crippen LogP contribution in [0.15, 0.2) is 0 Å². The first-order valence-electron chi connectivity index (χ1n) is 5.30. The molecule has 0 aliphatic carbocycles.